The van der Waals surface area contributed by atoms with Gasteiger partial charge in [0, 0.05) is 6.61 Å². The number of aliphatic hydroxyl groups excluding tert-OH is 1. The molecule has 0 aliphatic carbocycles. The van der Waals surface area contributed by atoms with Crippen LogP contribution in [0, 0.1) is 0 Å². The van der Waals surface area contributed by atoms with Gasteiger partial charge in [-0.15, -0.1) is 0 Å². The molecule has 0 bridgehead atoms. The second kappa shape index (κ2) is 23.1. The van der Waals surface area contributed by atoms with Crippen molar-refractivity contribution >= 4 is 37.4 Å². The van der Waals surface area contributed by atoms with E-state index in [2.05, 4.69) is 6.92 Å². The van der Waals surface area contributed by atoms with E-state index in [0.717, 1.165) is 6.42 Å². The Morgan fingerprint density at radius 3 is 1.04 bits per heavy atom. The van der Waals surface area contributed by atoms with Crippen LogP contribution >= 0.6 is 7.82 Å². The molecule has 0 atom stereocenters. The summed E-state index contributed by atoms with van der Waals surface area (Å²) < 4.78 is 8.88. The Morgan fingerprint density at radius 2 is 0.826 bits per heavy atom. The van der Waals surface area contributed by atoms with E-state index in [0.29, 0.717) is 6.61 Å². The van der Waals surface area contributed by atoms with Crippen molar-refractivity contribution in [2.24, 2.45) is 0 Å². The molecule has 0 heterocycles. The number of rotatable bonds is 14. The van der Waals surface area contributed by atoms with Crippen LogP contribution in [0.4, 0.5) is 0 Å². The molecular weight excluding hydrogens is 326 g/mol. The van der Waals surface area contributed by atoms with Crippen molar-refractivity contribution in [1.82, 2.24) is 0 Å². The summed E-state index contributed by atoms with van der Waals surface area (Å²) in [6, 6.07) is 0. The Hall–Kier alpha value is 1.07. The zero-order chi connectivity index (χ0) is 17.1. The van der Waals surface area contributed by atoms with Gasteiger partial charge in [0.25, 0.3) is 0 Å². The van der Waals surface area contributed by atoms with Crippen LogP contribution in [0.2, 0.25) is 0 Å². The normalized spacial score (nSPS) is 10.7. The number of hydrogen-bond acceptors (Lipinski definition) is 2. The Kier molecular flexibility index (Phi) is 28.9. The van der Waals surface area contributed by atoms with Gasteiger partial charge >= 0.3 is 37.4 Å². The average molecular weight is 364 g/mol. The third-order valence-electron chi connectivity index (χ3n) is 3.51. The molecule has 7 heteroatoms. The van der Waals surface area contributed by atoms with Crippen molar-refractivity contribution in [2.45, 2.75) is 96.8 Å². The standard InChI is InChI=1S/C16H34O.Na.H3O4P.H/c1-2-3-4-5-6-7-8-9-10-11-12-13-14-15-16-17;;1-5(2,3)4;/h17H,2-16H2,1H3;;(H3,1,2,3,4);. The first-order valence-electron chi connectivity index (χ1n) is 8.81. The van der Waals surface area contributed by atoms with Crippen LogP contribution < -0.4 is 0 Å². The minimum absolute atomic E-state index is 0. The minimum atomic E-state index is -4.64. The maximum atomic E-state index is 8.88. The summed E-state index contributed by atoms with van der Waals surface area (Å²) in [6.07, 6.45) is 19.2. The molecule has 23 heavy (non-hydrogen) atoms. The molecule has 0 amide bonds. The van der Waals surface area contributed by atoms with E-state index < -0.39 is 7.82 Å². The van der Waals surface area contributed by atoms with Gasteiger partial charge in [0.1, 0.15) is 0 Å². The van der Waals surface area contributed by atoms with Crippen molar-refractivity contribution in [3.05, 3.63) is 0 Å². The van der Waals surface area contributed by atoms with Crippen molar-refractivity contribution in [3.63, 3.8) is 0 Å². The van der Waals surface area contributed by atoms with Crippen LogP contribution in [0.1, 0.15) is 96.8 Å². The molecule has 0 aliphatic heterocycles. The van der Waals surface area contributed by atoms with Gasteiger partial charge in [-0.25, -0.2) is 4.57 Å². The van der Waals surface area contributed by atoms with Gasteiger partial charge in [0.2, 0.25) is 0 Å². The summed E-state index contributed by atoms with van der Waals surface area (Å²) in [5, 5.41) is 8.64. The predicted octanol–water partition coefficient (Wildman–Crippen LogP) is 3.88. The van der Waals surface area contributed by atoms with E-state index in [1.165, 1.54) is 83.5 Å². The summed E-state index contributed by atoms with van der Waals surface area (Å²) in [7, 11) is -4.64. The van der Waals surface area contributed by atoms with Gasteiger partial charge in [-0.3, -0.25) is 0 Å². The second-order valence-electron chi connectivity index (χ2n) is 5.83. The molecule has 0 fully saturated rings. The molecule has 0 radical (unpaired) electrons. The van der Waals surface area contributed by atoms with Crippen LogP contribution in [0.15, 0.2) is 0 Å². The SMILES string of the molecule is CCCCCCCCCCCCCCCCO.O=P(O)(O)O.[NaH]. The van der Waals surface area contributed by atoms with Crippen molar-refractivity contribution in [1.29, 1.82) is 0 Å². The zero-order valence-corrected chi connectivity index (χ0v) is 15.1. The molecule has 0 saturated carbocycles. The molecule has 4 N–H and O–H groups in total. The fraction of sp³-hybridized carbons (Fsp3) is 1.00. The number of phosphoric acid groups is 1. The third kappa shape index (κ3) is 45.1. The molecular formula is C16H38NaO5P. The molecule has 0 spiro atoms. The fourth-order valence-corrected chi connectivity index (χ4v) is 2.31. The molecule has 0 aromatic carbocycles. The van der Waals surface area contributed by atoms with Crippen LogP contribution in [0.3, 0.4) is 0 Å². The summed E-state index contributed by atoms with van der Waals surface area (Å²) in [6.45, 7) is 2.65. The first kappa shape index (κ1) is 28.9. The van der Waals surface area contributed by atoms with Gasteiger partial charge in [-0.05, 0) is 6.42 Å². The molecule has 0 aromatic heterocycles. The van der Waals surface area contributed by atoms with Crippen LogP contribution in [0.5, 0.6) is 0 Å². The maximum absolute atomic E-state index is 8.88. The van der Waals surface area contributed by atoms with E-state index in [1.807, 2.05) is 0 Å². The molecule has 0 unspecified atom stereocenters. The molecule has 138 valence electrons. The fourth-order valence-electron chi connectivity index (χ4n) is 2.31. The van der Waals surface area contributed by atoms with Gasteiger partial charge in [0.05, 0.1) is 0 Å². The Balaban J connectivity index is -0.000000578. The van der Waals surface area contributed by atoms with Gasteiger partial charge in [0.15, 0.2) is 0 Å². The third-order valence-corrected chi connectivity index (χ3v) is 3.51. The topological polar surface area (TPSA) is 98.0 Å². The Bertz CT molecular complexity index is 226. The molecule has 0 aliphatic rings. The number of unbranched alkanes of at least 4 members (excludes halogenated alkanes) is 13. The van der Waals surface area contributed by atoms with Crippen LogP contribution in [0.25, 0.3) is 0 Å². The second-order valence-corrected chi connectivity index (χ2v) is 6.86. The van der Waals surface area contributed by atoms with Gasteiger partial charge in [-0.2, -0.15) is 0 Å². The van der Waals surface area contributed by atoms with E-state index in [-0.39, 0.29) is 29.6 Å². The summed E-state index contributed by atoms with van der Waals surface area (Å²) >= 11 is 0. The Labute approximate surface area is 164 Å². The van der Waals surface area contributed by atoms with E-state index in [9.17, 15) is 0 Å². The quantitative estimate of drug-likeness (QED) is 0.213. The predicted molar refractivity (Wildman–Crippen MR) is 98.8 cm³/mol. The molecule has 0 rings (SSSR count). The van der Waals surface area contributed by atoms with Crippen molar-refractivity contribution in [3.8, 4) is 0 Å². The van der Waals surface area contributed by atoms with E-state index >= 15 is 0 Å². The van der Waals surface area contributed by atoms with Crippen LogP contribution in [-0.2, 0) is 4.57 Å². The van der Waals surface area contributed by atoms with Crippen LogP contribution in [-0.4, -0.2) is 56.0 Å². The number of hydrogen-bond donors (Lipinski definition) is 4. The summed E-state index contributed by atoms with van der Waals surface area (Å²) in [4.78, 5) is 21.6. The van der Waals surface area contributed by atoms with Gasteiger partial charge in [-0.1, -0.05) is 90.4 Å². The Morgan fingerprint density at radius 1 is 0.609 bits per heavy atom. The van der Waals surface area contributed by atoms with E-state index in [4.69, 9.17) is 24.4 Å². The average Bonchev–Trinajstić information content (AvgIpc) is 2.42. The first-order chi connectivity index (χ1) is 10.4. The molecule has 0 saturated heterocycles. The number of aliphatic hydroxyl groups is 1. The van der Waals surface area contributed by atoms with Gasteiger partial charge < -0.3 is 19.8 Å². The monoisotopic (exact) mass is 364 g/mol. The van der Waals surface area contributed by atoms with Crippen molar-refractivity contribution < 1.29 is 24.4 Å². The zero-order valence-electron chi connectivity index (χ0n) is 14.3. The summed E-state index contributed by atoms with van der Waals surface area (Å²) in [5.74, 6) is 0. The van der Waals surface area contributed by atoms with Crippen molar-refractivity contribution in [2.75, 3.05) is 6.61 Å². The molecule has 5 nitrogen and oxygen atoms in total. The molecule has 0 aromatic rings. The first-order valence-corrected chi connectivity index (χ1v) is 10.4. The summed E-state index contributed by atoms with van der Waals surface area (Å²) in [5.41, 5.74) is 0. The van der Waals surface area contributed by atoms with E-state index in [1.54, 1.807) is 0 Å².